The standard InChI is InChI=1S/C26H33ClF2N4O3Si/c1-16(2)21-7-9-35-26(32-21)31-17-12-19(28)24(20(29)13-17)36-22-6-8-30-25-23(22)18(27)14-33(25)15-34-10-11-37(3,4)5/h6,8,12-14,16,21H,7,9-11,15H2,1-5H3,(H,31,32)/t21-/m1/s1. The van der Waals surface area contributed by atoms with Crippen LogP contribution in [0.3, 0.4) is 0 Å². The van der Waals surface area contributed by atoms with Crippen LogP contribution in [0.1, 0.15) is 20.3 Å². The highest BCUT2D eigenvalue weighted by Crippen LogP contribution is 2.37. The van der Waals surface area contributed by atoms with Gasteiger partial charge in [-0.25, -0.2) is 18.8 Å². The molecular weight excluding hydrogens is 518 g/mol. The minimum atomic E-state index is -1.22. The molecule has 0 saturated heterocycles. The Hall–Kier alpha value is -2.69. The Morgan fingerprint density at radius 2 is 1.97 bits per heavy atom. The maximum Gasteiger partial charge on any atom is 0.289 e. The molecule has 7 nitrogen and oxygen atoms in total. The first kappa shape index (κ1) is 27.3. The number of nitrogens with one attached hydrogen (secondary N) is 1. The average Bonchev–Trinajstić information content (AvgIpc) is 3.15. The summed E-state index contributed by atoms with van der Waals surface area (Å²) >= 11 is 6.47. The highest BCUT2D eigenvalue weighted by atomic mass is 35.5. The fraction of sp³-hybridized carbons (Fsp3) is 0.462. The van der Waals surface area contributed by atoms with E-state index in [0.29, 0.717) is 35.2 Å². The van der Waals surface area contributed by atoms with Gasteiger partial charge >= 0.3 is 0 Å². The molecule has 0 saturated carbocycles. The molecular formula is C26H33ClF2N4O3Si. The topological polar surface area (TPSA) is 69.9 Å². The minimum Gasteiger partial charge on any atom is -0.465 e. The summed E-state index contributed by atoms with van der Waals surface area (Å²) in [4.78, 5) is 8.86. The lowest BCUT2D eigenvalue weighted by atomic mass is 10.0. The first-order valence-corrected chi connectivity index (χ1v) is 16.5. The van der Waals surface area contributed by atoms with Gasteiger partial charge in [-0.15, -0.1) is 0 Å². The summed E-state index contributed by atoms with van der Waals surface area (Å²) in [6.45, 7) is 12.4. The van der Waals surface area contributed by atoms with Crippen molar-refractivity contribution in [1.29, 1.82) is 0 Å². The van der Waals surface area contributed by atoms with E-state index in [1.54, 1.807) is 10.8 Å². The number of pyridine rings is 1. The summed E-state index contributed by atoms with van der Waals surface area (Å²) in [5.41, 5.74) is 0.673. The molecule has 1 aliphatic heterocycles. The van der Waals surface area contributed by atoms with Crippen molar-refractivity contribution < 1.29 is 23.0 Å². The third-order valence-electron chi connectivity index (χ3n) is 6.07. The Balaban J connectivity index is 1.53. The van der Waals surface area contributed by atoms with Crippen molar-refractivity contribution in [2.45, 2.75) is 58.7 Å². The number of rotatable bonds is 9. The van der Waals surface area contributed by atoms with Crippen molar-refractivity contribution >= 4 is 42.4 Å². The molecule has 3 aromatic rings. The van der Waals surface area contributed by atoms with Gasteiger partial charge in [0, 0.05) is 51.3 Å². The third kappa shape index (κ3) is 6.80. The second-order valence-electron chi connectivity index (χ2n) is 10.7. The molecule has 1 aliphatic rings. The van der Waals surface area contributed by atoms with Crippen LogP contribution in [0.4, 0.5) is 14.5 Å². The third-order valence-corrected chi connectivity index (χ3v) is 8.06. The molecule has 0 spiro atoms. The zero-order chi connectivity index (χ0) is 26.7. The van der Waals surface area contributed by atoms with Crippen molar-refractivity contribution in [2.75, 3.05) is 18.5 Å². The number of hydrogen-bond donors (Lipinski definition) is 1. The first-order chi connectivity index (χ1) is 17.5. The number of fused-ring (bicyclic) bond motifs is 1. The predicted molar refractivity (Wildman–Crippen MR) is 146 cm³/mol. The highest BCUT2D eigenvalue weighted by molar-refractivity contribution is 6.76. The predicted octanol–water partition coefficient (Wildman–Crippen LogP) is 7.29. The lowest BCUT2D eigenvalue weighted by molar-refractivity contribution is 0.0899. The van der Waals surface area contributed by atoms with Crippen molar-refractivity contribution in [3.05, 3.63) is 47.2 Å². The van der Waals surface area contributed by atoms with Gasteiger partial charge in [-0.05, 0) is 18.0 Å². The van der Waals surface area contributed by atoms with Gasteiger partial charge in [0.1, 0.15) is 18.1 Å². The molecule has 200 valence electrons. The summed E-state index contributed by atoms with van der Waals surface area (Å²) < 4.78 is 48.8. The molecule has 1 N–H and O–H groups in total. The van der Waals surface area contributed by atoms with Crippen LogP contribution in [-0.4, -0.2) is 42.9 Å². The molecule has 1 atom stereocenters. The molecule has 0 fully saturated rings. The van der Waals surface area contributed by atoms with Crippen LogP contribution in [0, 0.1) is 17.6 Å². The molecule has 37 heavy (non-hydrogen) atoms. The number of aromatic nitrogens is 2. The molecule has 2 aromatic heterocycles. The molecule has 1 aromatic carbocycles. The number of ether oxygens (including phenoxy) is 3. The van der Waals surface area contributed by atoms with E-state index in [0.717, 1.165) is 24.6 Å². The zero-order valence-corrected chi connectivity index (χ0v) is 23.5. The summed E-state index contributed by atoms with van der Waals surface area (Å²) in [6.07, 6.45) is 3.98. The second-order valence-corrected chi connectivity index (χ2v) is 16.7. The number of nitrogens with zero attached hydrogens (tertiary/aromatic N) is 3. The molecule has 3 heterocycles. The van der Waals surface area contributed by atoms with E-state index < -0.39 is 25.5 Å². The van der Waals surface area contributed by atoms with E-state index >= 15 is 8.78 Å². The van der Waals surface area contributed by atoms with E-state index in [2.05, 4.69) is 48.8 Å². The van der Waals surface area contributed by atoms with Gasteiger partial charge < -0.3 is 24.1 Å². The lowest BCUT2D eigenvalue weighted by Gasteiger charge is -2.24. The highest BCUT2D eigenvalue weighted by Gasteiger charge is 2.22. The van der Waals surface area contributed by atoms with Gasteiger partial charge in [0.05, 0.1) is 23.1 Å². The van der Waals surface area contributed by atoms with E-state index in [4.69, 9.17) is 25.8 Å². The Morgan fingerprint density at radius 3 is 2.65 bits per heavy atom. The fourth-order valence-electron chi connectivity index (χ4n) is 3.91. The normalized spacial score (nSPS) is 16.1. The first-order valence-electron chi connectivity index (χ1n) is 12.4. The minimum absolute atomic E-state index is 0.0884. The molecule has 0 aliphatic carbocycles. The van der Waals surface area contributed by atoms with Crippen LogP contribution < -0.4 is 10.1 Å². The smallest absolute Gasteiger partial charge is 0.289 e. The van der Waals surface area contributed by atoms with E-state index in [-0.39, 0.29) is 30.2 Å². The van der Waals surface area contributed by atoms with Crippen molar-refractivity contribution in [2.24, 2.45) is 10.9 Å². The van der Waals surface area contributed by atoms with Crippen molar-refractivity contribution in [1.82, 2.24) is 9.55 Å². The molecule has 0 amide bonds. The zero-order valence-electron chi connectivity index (χ0n) is 21.8. The number of anilines is 1. The van der Waals surface area contributed by atoms with Crippen LogP contribution in [0.5, 0.6) is 11.5 Å². The van der Waals surface area contributed by atoms with Gasteiger partial charge in [0.2, 0.25) is 0 Å². The van der Waals surface area contributed by atoms with Crippen molar-refractivity contribution in [3.8, 4) is 11.5 Å². The van der Waals surface area contributed by atoms with E-state index in [1.165, 1.54) is 12.3 Å². The summed E-state index contributed by atoms with van der Waals surface area (Å²) in [6, 6.07) is 5.16. The Bertz CT molecular complexity index is 1270. The average molecular weight is 551 g/mol. The van der Waals surface area contributed by atoms with Crippen LogP contribution in [-0.2, 0) is 16.2 Å². The molecule has 0 unspecified atom stereocenters. The van der Waals surface area contributed by atoms with Crippen LogP contribution in [0.25, 0.3) is 11.0 Å². The van der Waals surface area contributed by atoms with Gasteiger partial charge in [0.15, 0.2) is 17.4 Å². The summed E-state index contributed by atoms with van der Waals surface area (Å²) in [5.74, 6) is -1.78. The Kier molecular flexibility index (Phi) is 8.40. The van der Waals surface area contributed by atoms with E-state index in [9.17, 15) is 0 Å². The lowest BCUT2D eigenvalue weighted by Crippen LogP contribution is -2.29. The number of halogens is 3. The Labute approximate surface area is 221 Å². The van der Waals surface area contributed by atoms with Gasteiger partial charge in [-0.2, -0.15) is 0 Å². The molecule has 4 rings (SSSR count). The Morgan fingerprint density at radius 1 is 1.24 bits per heavy atom. The monoisotopic (exact) mass is 550 g/mol. The second kappa shape index (κ2) is 11.4. The SMILES string of the molecule is CC(C)[C@H]1CCOC(Nc2cc(F)c(Oc3ccnc4c3c(Cl)cn4COCC[Si](C)(C)C)c(F)c2)=N1. The van der Waals surface area contributed by atoms with E-state index in [1.807, 2.05) is 0 Å². The van der Waals surface area contributed by atoms with Crippen LogP contribution in [0.15, 0.2) is 35.6 Å². The van der Waals surface area contributed by atoms with Crippen molar-refractivity contribution in [3.63, 3.8) is 0 Å². The number of benzene rings is 1. The van der Waals surface area contributed by atoms with Gasteiger partial charge in [-0.1, -0.05) is 45.1 Å². The quantitative estimate of drug-likeness (QED) is 0.224. The molecule has 11 heteroatoms. The maximum absolute atomic E-state index is 15.0. The van der Waals surface area contributed by atoms with Gasteiger partial charge in [-0.3, -0.25) is 0 Å². The van der Waals surface area contributed by atoms with Crippen LogP contribution >= 0.6 is 11.6 Å². The largest absolute Gasteiger partial charge is 0.465 e. The fourth-order valence-corrected chi connectivity index (χ4v) is 4.96. The number of aliphatic imine (C=N–C) groups is 1. The maximum atomic E-state index is 15.0. The number of hydrogen-bond acceptors (Lipinski definition) is 6. The summed E-state index contributed by atoms with van der Waals surface area (Å²) in [5, 5.41) is 3.65. The van der Waals surface area contributed by atoms with Gasteiger partial charge in [0.25, 0.3) is 6.02 Å². The summed E-state index contributed by atoms with van der Waals surface area (Å²) in [7, 11) is -1.22. The molecule has 0 radical (unpaired) electrons. The molecule has 0 bridgehead atoms. The number of amidine groups is 1. The van der Waals surface area contributed by atoms with Crippen LogP contribution in [0.2, 0.25) is 30.7 Å².